The minimum absolute atomic E-state index is 0.0303. The van der Waals surface area contributed by atoms with E-state index in [-0.39, 0.29) is 30.0 Å². The van der Waals surface area contributed by atoms with E-state index in [1.54, 1.807) is 24.3 Å². The quantitative estimate of drug-likeness (QED) is 0.622. The molecule has 4 rings (SSSR count). The maximum atomic E-state index is 13.8. The van der Waals surface area contributed by atoms with Gasteiger partial charge in [0.2, 0.25) is 5.91 Å². The number of carbonyl (C=O) groups is 3. The van der Waals surface area contributed by atoms with E-state index in [9.17, 15) is 31.6 Å². The molecule has 2 heterocycles. The third-order valence-corrected chi connectivity index (χ3v) is 7.98. The van der Waals surface area contributed by atoms with E-state index in [4.69, 9.17) is 0 Å². The summed E-state index contributed by atoms with van der Waals surface area (Å²) >= 11 is 0. The number of carbonyl (C=O) groups excluding carboxylic acids is 3. The highest BCUT2D eigenvalue weighted by Crippen LogP contribution is 2.30. The molecule has 1 N–H and O–H groups in total. The van der Waals surface area contributed by atoms with Crippen LogP contribution in [0.1, 0.15) is 24.5 Å². The van der Waals surface area contributed by atoms with E-state index < -0.39 is 57.4 Å². The lowest BCUT2D eigenvalue weighted by Gasteiger charge is -2.30. The van der Waals surface area contributed by atoms with Crippen molar-refractivity contribution < 1.29 is 31.6 Å². The van der Waals surface area contributed by atoms with E-state index >= 15 is 0 Å². The zero-order chi connectivity index (χ0) is 24.7. The number of amides is 4. The Balaban J connectivity index is 1.57. The second-order valence-electron chi connectivity index (χ2n) is 8.64. The molecule has 2 fully saturated rings. The summed E-state index contributed by atoms with van der Waals surface area (Å²) in [7, 11) is -3.30. The fraction of sp³-hybridized carbons (Fsp3) is 0.348. The van der Waals surface area contributed by atoms with E-state index in [1.165, 1.54) is 17.9 Å². The predicted octanol–water partition coefficient (Wildman–Crippen LogP) is 1.95. The molecule has 2 atom stereocenters. The zero-order valence-corrected chi connectivity index (χ0v) is 19.1. The summed E-state index contributed by atoms with van der Waals surface area (Å²) in [6.07, 6.45) is 0.258. The van der Waals surface area contributed by atoms with Gasteiger partial charge in [-0.1, -0.05) is 36.4 Å². The van der Waals surface area contributed by atoms with Gasteiger partial charge in [0.25, 0.3) is 5.91 Å². The standard InChI is InChI=1S/C23H23F2N3O5S/c1-23(16-7-8-18(24)19(25)11-16)21(30)28(22(31)26-23)13-20(29)27(12-15-5-3-2-4-6-15)17-9-10-34(32,33)14-17/h2-8,11,17H,9-10,12-14H2,1H3,(H,26,31)/t17-,23-/m0/s1. The van der Waals surface area contributed by atoms with Crippen molar-refractivity contribution in [1.82, 2.24) is 15.1 Å². The van der Waals surface area contributed by atoms with Crippen molar-refractivity contribution in [2.24, 2.45) is 0 Å². The van der Waals surface area contributed by atoms with Gasteiger partial charge in [-0.2, -0.15) is 0 Å². The van der Waals surface area contributed by atoms with Gasteiger partial charge in [0.15, 0.2) is 21.5 Å². The largest absolute Gasteiger partial charge is 0.333 e. The Kier molecular flexibility index (Phi) is 6.15. The summed E-state index contributed by atoms with van der Waals surface area (Å²) in [5.41, 5.74) is -0.890. The Hall–Kier alpha value is -3.34. The number of imide groups is 1. The summed E-state index contributed by atoms with van der Waals surface area (Å²) in [6.45, 7) is 0.840. The van der Waals surface area contributed by atoms with E-state index in [0.717, 1.165) is 17.7 Å². The van der Waals surface area contributed by atoms with E-state index in [0.29, 0.717) is 4.90 Å². The molecule has 0 aromatic heterocycles. The molecule has 0 saturated carbocycles. The smallest absolute Gasteiger partial charge is 0.325 e. The monoisotopic (exact) mass is 491 g/mol. The van der Waals surface area contributed by atoms with Crippen LogP contribution in [0, 0.1) is 11.6 Å². The average Bonchev–Trinajstić information content (AvgIpc) is 3.26. The van der Waals surface area contributed by atoms with Crippen molar-refractivity contribution in [3.05, 3.63) is 71.3 Å². The number of nitrogens with one attached hydrogen (secondary N) is 1. The van der Waals surface area contributed by atoms with Crippen LogP contribution < -0.4 is 5.32 Å². The molecule has 34 heavy (non-hydrogen) atoms. The van der Waals surface area contributed by atoms with Gasteiger partial charge in [0.1, 0.15) is 12.1 Å². The van der Waals surface area contributed by atoms with Crippen molar-refractivity contribution >= 4 is 27.7 Å². The summed E-state index contributed by atoms with van der Waals surface area (Å²) < 4.78 is 51.2. The van der Waals surface area contributed by atoms with Crippen LogP contribution in [-0.4, -0.2) is 60.2 Å². The van der Waals surface area contributed by atoms with Gasteiger partial charge in [0.05, 0.1) is 11.5 Å². The normalized spacial score (nSPS) is 23.7. The van der Waals surface area contributed by atoms with Crippen LogP contribution in [0.4, 0.5) is 13.6 Å². The molecular weight excluding hydrogens is 468 g/mol. The van der Waals surface area contributed by atoms with E-state index in [2.05, 4.69) is 5.32 Å². The lowest BCUT2D eigenvalue weighted by atomic mass is 9.92. The molecule has 4 amide bonds. The molecule has 0 radical (unpaired) electrons. The van der Waals surface area contributed by atoms with E-state index in [1.807, 2.05) is 6.07 Å². The highest BCUT2D eigenvalue weighted by Gasteiger charge is 2.50. The number of rotatable bonds is 6. The van der Waals surface area contributed by atoms with Crippen LogP contribution in [0.25, 0.3) is 0 Å². The van der Waals surface area contributed by atoms with Gasteiger partial charge in [-0.05, 0) is 36.6 Å². The topological polar surface area (TPSA) is 104 Å². The molecule has 0 spiro atoms. The Labute approximate surface area is 195 Å². The first-order valence-electron chi connectivity index (χ1n) is 10.6. The summed E-state index contributed by atoms with van der Waals surface area (Å²) in [6, 6.07) is 10.4. The first kappa shape index (κ1) is 23.8. The van der Waals surface area contributed by atoms with Gasteiger partial charge < -0.3 is 10.2 Å². The molecule has 2 aromatic carbocycles. The number of sulfone groups is 1. The molecule has 0 aliphatic carbocycles. The Morgan fingerprint density at radius 3 is 2.47 bits per heavy atom. The van der Waals surface area contributed by atoms with Gasteiger partial charge in [0, 0.05) is 12.6 Å². The molecule has 0 unspecified atom stereocenters. The number of hydrogen-bond acceptors (Lipinski definition) is 5. The number of hydrogen-bond donors (Lipinski definition) is 1. The SMILES string of the molecule is C[C@@]1(c2ccc(F)c(F)c2)NC(=O)N(CC(=O)N(Cc2ccccc2)[C@H]2CCS(=O)(=O)C2)C1=O. The molecule has 2 aromatic rings. The van der Waals surface area contributed by atoms with Crippen LogP contribution >= 0.6 is 0 Å². The number of urea groups is 1. The second-order valence-corrected chi connectivity index (χ2v) is 10.9. The van der Waals surface area contributed by atoms with Crippen molar-refractivity contribution in [1.29, 1.82) is 0 Å². The van der Waals surface area contributed by atoms with Gasteiger partial charge >= 0.3 is 6.03 Å². The molecule has 2 saturated heterocycles. The van der Waals surface area contributed by atoms with Gasteiger partial charge in [-0.3, -0.25) is 14.5 Å². The van der Waals surface area contributed by atoms with Crippen molar-refractivity contribution in [3.8, 4) is 0 Å². The molecule has 180 valence electrons. The Morgan fingerprint density at radius 1 is 1.15 bits per heavy atom. The van der Waals surface area contributed by atoms with Crippen molar-refractivity contribution in [2.75, 3.05) is 18.1 Å². The molecule has 11 heteroatoms. The maximum Gasteiger partial charge on any atom is 0.325 e. The number of nitrogens with zero attached hydrogens (tertiary/aromatic N) is 2. The highest BCUT2D eigenvalue weighted by atomic mass is 32.2. The lowest BCUT2D eigenvalue weighted by Crippen LogP contribution is -2.48. The number of halogens is 2. The summed E-state index contributed by atoms with van der Waals surface area (Å²) in [5.74, 6) is -3.91. The Morgan fingerprint density at radius 2 is 1.85 bits per heavy atom. The minimum atomic E-state index is -3.30. The molecule has 8 nitrogen and oxygen atoms in total. The average molecular weight is 492 g/mol. The first-order chi connectivity index (χ1) is 16.0. The maximum absolute atomic E-state index is 13.8. The van der Waals surface area contributed by atoms with Gasteiger partial charge in [-0.15, -0.1) is 0 Å². The molecule has 2 aliphatic rings. The predicted molar refractivity (Wildman–Crippen MR) is 118 cm³/mol. The highest BCUT2D eigenvalue weighted by molar-refractivity contribution is 7.91. The Bertz CT molecular complexity index is 1250. The lowest BCUT2D eigenvalue weighted by molar-refractivity contribution is -0.140. The van der Waals surface area contributed by atoms with Gasteiger partial charge in [-0.25, -0.2) is 22.0 Å². The van der Waals surface area contributed by atoms with Crippen molar-refractivity contribution in [3.63, 3.8) is 0 Å². The van der Waals surface area contributed by atoms with Crippen molar-refractivity contribution in [2.45, 2.75) is 31.5 Å². The van der Waals surface area contributed by atoms with Crippen LogP contribution in [0.15, 0.2) is 48.5 Å². The molecule has 2 aliphatic heterocycles. The zero-order valence-electron chi connectivity index (χ0n) is 18.3. The molecular formula is C23H23F2N3O5S. The number of benzene rings is 2. The fourth-order valence-electron chi connectivity index (χ4n) is 4.29. The summed E-state index contributed by atoms with van der Waals surface area (Å²) in [5, 5.41) is 2.45. The third-order valence-electron chi connectivity index (χ3n) is 6.23. The van der Waals surface area contributed by atoms with Crippen LogP contribution in [0.3, 0.4) is 0 Å². The van der Waals surface area contributed by atoms with Crippen LogP contribution in [0.2, 0.25) is 0 Å². The molecule has 0 bridgehead atoms. The third kappa shape index (κ3) is 4.52. The van der Waals surface area contributed by atoms with Crippen LogP contribution in [0.5, 0.6) is 0 Å². The minimum Gasteiger partial charge on any atom is -0.333 e. The summed E-state index contributed by atoms with van der Waals surface area (Å²) in [4.78, 5) is 41.1. The second kappa shape index (κ2) is 8.79. The van der Waals surface area contributed by atoms with Crippen LogP contribution in [-0.2, 0) is 31.5 Å². The first-order valence-corrected chi connectivity index (χ1v) is 12.5. The fourth-order valence-corrected chi connectivity index (χ4v) is 6.02.